The van der Waals surface area contributed by atoms with Gasteiger partial charge in [0.1, 0.15) is 0 Å². The van der Waals surface area contributed by atoms with Crippen LogP contribution in [0.15, 0.2) is 16.4 Å². The number of hydrogen-bond donors (Lipinski definition) is 3. The zero-order valence-corrected chi connectivity index (χ0v) is 21.7. The van der Waals surface area contributed by atoms with Crippen LogP contribution in [0.1, 0.15) is 31.2 Å². The van der Waals surface area contributed by atoms with Gasteiger partial charge in [0.25, 0.3) is 0 Å². The van der Waals surface area contributed by atoms with E-state index in [0.717, 1.165) is 64.9 Å². The molecule has 2 atom stereocenters. The van der Waals surface area contributed by atoms with Crippen molar-refractivity contribution in [3.05, 3.63) is 21.9 Å². The minimum Gasteiger partial charge on any atom is -0.387 e. The molecule has 172 valence electrons. The summed E-state index contributed by atoms with van der Waals surface area (Å²) < 4.78 is 5.39. The van der Waals surface area contributed by atoms with E-state index in [-0.39, 0.29) is 24.0 Å². The highest BCUT2D eigenvalue weighted by Gasteiger charge is 2.25. The van der Waals surface area contributed by atoms with Crippen LogP contribution in [0.4, 0.5) is 0 Å². The van der Waals surface area contributed by atoms with Crippen LogP contribution >= 0.6 is 35.3 Å². The summed E-state index contributed by atoms with van der Waals surface area (Å²) in [6, 6.07) is 2.68. The number of rotatable bonds is 8. The van der Waals surface area contributed by atoms with E-state index in [2.05, 4.69) is 50.7 Å². The van der Waals surface area contributed by atoms with Crippen LogP contribution in [-0.2, 0) is 17.7 Å². The second-order valence-electron chi connectivity index (χ2n) is 8.40. The van der Waals surface area contributed by atoms with E-state index in [4.69, 9.17) is 4.74 Å². The van der Waals surface area contributed by atoms with Gasteiger partial charge in [-0.2, -0.15) is 0 Å². The number of nitrogens with zero attached hydrogens (tertiary/aromatic N) is 3. The SMILES string of the molecule is CCNC(=NCC(C)(O)CN1CCOCC1)NCC(C)N1CCc2sccc2C1.I. The minimum atomic E-state index is -0.854. The van der Waals surface area contributed by atoms with Crippen molar-refractivity contribution in [3.8, 4) is 0 Å². The summed E-state index contributed by atoms with van der Waals surface area (Å²) in [5.74, 6) is 0.773. The number of thiophene rings is 1. The molecule has 1 aromatic heterocycles. The van der Waals surface area contributed by atoms with E-state index in [1.54, 1.807) is 4.88 Å². The van der Waals surface area contributed by atoms with Gasteiger partial charge in [-0.15, -0.1) is 35.3 Å². The highest BCUT2D eigenvalue weighted by molar-refractivity contribution is 14.0. The standard InChI is InChI=1S/C21H37N5O2S.HI/c1-4-22-20(24-15-21(3,27)16-25-8-10-28-11-9-25)23-13-17(2)26-7-5-19-18(14-26)6-12-29-19;/h6,12,17,27H,4-5,7-11,13-16H2,1-3H3,(H2,22,23,24);1H. The minimum absolute atomic E-state index is 0. The Morgan fingerprint density at radius 3 is 2.83 bits per heavy atom. The van der Waals surface area contributed by atoms with E-state index in [1.807, 2.05) is 18.3 Å². The molecule has 0 saturated carbocycles. The third kappa shape index (κ3) is 7.90. The van der Waals surface area contributed by atoms with Crippen LogP contribution in [0.2, 0.25) is 0 Å². The summed E-state index contributed by atoms with van der Waals surface area (Å²) in [7, 11) is 0. The summed E-state index contributed by atoms with van der Waals surface area (Å²) in [4.78, 5) is 11.0. The molecule has 2 aliphatic rings. The summed E-state index contributed by atoms with van der Waals surface area (Å²) in [5, 5.41) is 19.8. The van der Waals surface area contributed by atoms with Crippen LogP contribution in [0.5, 0.6) is 0 Å². The first-order valence-corrected chi connectivity index (χ1v) is 11.7. The van der Waals surface area contributed by atoms with Gasteiger partial charge in [0.05, 0.1) is 25.4 Å². The number of β-amino-alcohol motifs (C(OH)–C–C–N with tert-alkyl or cyclic N) is 1. The molecule has 0 radical (unpaired) electrons. The van der Waals surface area contributed by atoms with Crippen molar-refractivity contribution in [1.29, 1.82) is 0 Å². The van der Waals surface area contributed by atoms with Gasteiger partial charge >= 0.3 is 0 Å². The van der Waals surface area contributed by atoms with E-state index in [9.17, 15) is 5.11 Å². The molecule has 0 aliphatic carbocycles. The van der Waals surface area contributed by atoms with E-state index < -0.39 is 5.60 Å². The largest absolute Gasteiger partial charge is 0.387 e. The molecular formula is C21H38IN5O2S. The average molecular weight is 552 g/mol. The second kappa shape index (κ2) is 12.5. The highest BCUT2D eigenvalue weighted by Crippen LogP contribution is 2.24. The lowest BCUT2D eigenvalue weighted by atomic mass is 10.1. The maximum atomic E-state index is 10.8. The van der Waals surface area contributed by atoms with Gasteiger partial charge in [-0.25, -0.2) is 0 Å². The van der Waals surface area contributed by atoms with E-state index >= 15 is 0 Å². The van der Waals surface area contributed by atoms with Crippen LogP contribution in [0, 0.1) is 0 Å². The smallest absolute Gasteiger partial charge is 0.191 e. The predicted octanol–water partition coefficient (Wildman–Crippen LogP) is 1.75. The first kappa shape index (κ1) is 25.8. The fourth-order valence-electron chi connectivity index (χ4n) is 3.90. The quantitative estimate of drug-likeness (QED) is 0.260. The molecule has 0 amide bonds. The molecule has 30 heavy (non-hydrogen) atoms. The fourth-order valence-corrected chi connectivity index (χ4v) is 4.79. The van der Waals surface area contributed by atoms with Gasteiger partial charge in [0, 0.05) is 56.7 Å². The molecular weight excluding hydrogens is 513 g/mol. The first-order chi connectivity index (χ1) is 14.0. The molecule has 3 N–H and O–H groups in total. The van der Waals surface area contributed by atoms with E-state index in [1.165, 1.54) is 5.56 Å². The Hall–Kier alpha value is -0.460. The third-order valence-corrected chi connectivity index (χ3v) is 6.64. The van der Waals surface area contributed by atoms with Gasteiger partial charge < -0.3 is 20.5 Å². The second-order valence-corrected chi connectivity index (χ2v) is 9.40. The molecule has 0 bridgehead atoms. The van der Waals surface area contributed by atoms with Crippen molar-refractivity contribution in [2.45, 2.75) is 45.4 Å². The molecule has 1 saturated heterocycles. The van der Waals surface area contributed by atoms with Crippen molar-refractivity contribution in [2.75, 3.05) is 59.0 Å². The monoisotopic (exact) mass is 551 g/mol. The van der Waals surface area contributed by atoms with E-state index in [0.29, 0.717) is 19.1 Å². The number of morpholine rings is 1. The number of aliphatic hydroxyl groups is 1. The Kier molecular flexibility index (Phi) is 10.8. The van der Waals surface area contributed by atoms with Crippen molar-refractivity contribution in [1.82, 2.24) is 20.4 Å². The molecule has 3 heterocycles. The Morgan fingerprint density at radius 2 is 2.10 bits per heavy atom. The number of halogens is 1. The van der Waals surface area contributed by atoms with Crippen molar-refractivity contribution < 1.29 is 9.84 Å². The van der Waals surface area contributed by atoms with Crippen LogP contribution in [0.3, 0.4) is 0 Å². The fraction of sp³-hybridized carbons (Fsp3) is 0.762. The number of fused-ring (bicyclic) bond motifs is 1. The number of aliphatic imine (C=N–C) groups is 1. The first-order valence-electron chi connectivity index (χ1n) is 10.8. The number of ether oxygens (including phenoxy) is 1. The highest BCUT2D eigenvalue weighted by atomic mass is 127. The molecule has 9 heteroatoms. The van der Waals surface area contributed by atoms with Crippen LogP contribution < -0.4 is 10.6 Å². The third-order valence-electron chi connectivity index (χ3n) is 5.62. The summed E-state index contributed by atoms with van der Waals surface area (Å²) in [6.07, 6.45) is 1.15. The Balaban J connectivity index is 0.00000320. The van der Waals surface area contributed by atoms with Gasteiger partial charge in [0.2, 0.25) is 0 Å². The molecule has 7 nitrogen and oxygen atoms in total. The molecule has 2 aliphatic heterocycles. The van der Waals surface area contributed by atoms with Gasteiger partial charge in [-0.05, 0) is 44.2 Å². The van der Waals surface area contributed by atoms with Gasteiger partial charge in [0.15, 0.2) is 5.96 Å². The topological polar surface area (TPSA) is 72.4 Å². The van der Waals surface area contributed by atoms with Crippen molar-refractivity contribution in [3.63, 3.8) is 0 Å². The van der Waals surface area contributed by atoms with Crippen molar-refractivity contribution in [2.24, 2.45) is 4.99 Å². The van der Waals surface area contributed by atoms with Gasteiger partial charge in [-0.3, -0.25) is 14.8 Å². The maximum absolute atomic E-state index is 10.8. The molecule has 2 unspecified atom stereocenters. The summed E-state index contributed by atoms with van der Waals surface area (Å²) in [6.45, 7) is 14.2. The van der Waals surface area contributed by atoms with Crippen LogP contribution in [-0.4, -0.2) is 91.5 Å². The molecule has 3 rings (SSSR count). The maximum Gasteiger partial charge on any atom is 0.191 e. The molecule has 1 fully saturated rings. The van der Waals surface area contributed by atoms with Gasteiger partial charge in [-0.1, -0.05) is 0 Å². The predicted molar refractivity (Wildman–Crippen MR) is 135 cm³/mol. The zero-order valence-electron chi connectivity index (χ0n) is 18.5. The van der Waals surface area contributed by atoms with Crippen LogP contribution in [0.25, 0.3) is 0 Å². The zero-order chi connectivity index (χ0) is 20.7. The summed E-state index contributed by atoms with van der Waals surface area (Å²) in [5.41, 5.74) is 0.626. The van der Waals surface area contributed by atoms with Crippen molar-refractivity contribution >= 4 is 41.3 Å². The summed E-state index contributed by atoms with van der Waals surface area (Å²) >= 11 is 1.88. The molecule has 0 spiro atoms. The average Bonchev–Trinajstić information content (AvgIpc) is 3.18. The Bertz CT molecular complexity index is 664. The number of hydrogen-bond acceptors (Lipinski definition) is 6. The number of nitrogens with one attached hydrogen (secondary N) is 2. The Morgan fingerprint density at radius 1 is 1.33 bits per heavy atom. The lowest BCUT2D eigenvalue weighted by Gasteiger charge is -2.33. The lowest BCUT2D eigenvalue weighted by Crippen LogP contribution is -2.49. The Labute approximate surface area is 202 Å². The normalized spacial score (nSPS) is 21.3. The molecule has 0 aromatic carbocycles. The number of guanidine groups is 1. The lowest BCUT2D eigenvalue weighted by molar-refractivity contribution is -0.0180. The molecule has 1 aromatic rings.